The molecule has 0 saturated heterocycles. The standard InChI is InChI=1S/C14H22N2O4S/c1-4-20-11-5-6-12(15)13(7-11)21(18,19)9-14(17)16-8-10(2)3/h5-7,10H,4,8-9,15H2,1-3H3,(H,16,17). The molecule has 0 atom stereocenters. The monoisotopic (exact) mass is 314 g/mol. The number of ether oxygens (including phenoxy) is 1. The van der Waals surface area contributed by atoms with Crippen molar-refractivity contribution in [3.8, 4) is 5.75 Å². The van der Waals surface area contributed by atoms with E-state index in [-0.39, 0.29) is 16.5 Å². The Balaban J connectivity index is 2.91. The zero-order valence-corrected chi connectivity index (χ0v) is 13.4. The van der Waals surface area contributed by atoms with Gasteiger partial charge in [0, 0.05) is 12.6 Å². The van der Waals surface area contributed by atoms with Crippen molar-refractivity contribution >= 4 is 21.4 Å². The van der Waals surface area contributed by atoms with Crippen LogP contribution in [0.4, 0.5) is 5.69 Å². The van der Waals surface area contributed by atoms with E-state index in [0.717, 1.165) is 0 Å². The Kier molecular flexibility index (Phi) is 6.02. The summed E-state index contributed by atoms with van der Waals surface area (Å²) < 4.78 is 29.8. The number of carbonyl (C=O) groups excluding carboxylic acids is 1. The highest BCUT2D eigenvalue weighted by Gasteiger charge is 2.22. The lowest BCUT2D eigenvalue weighted by Gasteiger charge is -2.11. The van der Waals surface area contributed by atoms with Crippen LogP contribution in [0.2, 0.25) is 0 Å². The van der Waals surface area contributed by atoms with Gasteiger partial charge in [0.2, 0.25) is 5.91 Å². The molecule has 0 aliphatic heterocycles. The molecule has 7 heteroatoms. The number of nitrogens with one attached hydrogen (secondary N) is 1. The Bertz CT molecular complexity index is 597. The predicted octanol–water partition coefficient (Wildman–Crippen LogP) is 1.21. The van der Waals surface area contributed by atoms with Gasteiger partial charge < -0.3 is 15.8 Å². The maximum atomic E-state index is 12.3. The lowest BCUT2D eigenvalue weighted by Crippen LogP contribution is -2.33. The molecular formula is C14H22N2O4S. The fraction of sp³-hybridized carbons (Fsp3) is 0.500. The van der Waals surface area contributed by atoms with Gasteiger partial charge in [0.05, 0.1) is 17.2 Å². The van der Waals surface area contributed by atoms with Crippen molar-refractivity contribution in [3.63, 3.8) is 0 Å². The fourth-order valence-corrected chi connectivity index (χ4v) is 2.99. The number of sulfone groups is 1. The smallest absolute Gasteiger partial charge is 0.235 e. The summed E-state index contributed by atoms with van der Waals surface area (Å²) in [7, 11) is -3.80. The SMILES string of the molecule is CCOc1ccc(N)c(S(=O)(=O)CC(=O)NCC(C)C)c1. The number of carbonyl (C=O) groups is 1. The van der Waals surface area contributed by atoms with Crippen LogP contribution in [0.5, 0.6) is 5.75 Å². The Morgan fingerprint density at radius 1 is 1.38 bits per heavy atom. The fourth-order valence-electron chi connectivity index (χ4n) is 1.66. The van der Waals surface area contributed by atoms with Crippen LogP contribution < -0.4 is 15.8 Å². The number of amides is 1. The lowest BCUT2D eigenvalue weighted by molar-refractivity contribution is -0.118. The highest BCUT2D eigenvalue weighted by atomic mass is 32.2. The molecule has 0 unspecified atom stereocenters. The van der Waals surface area contributed by atoms with Gasteiger partial charge in [-0.15, -0.1) is 0 Å². The Morgan fingerprint density at radius 2 is 2.05 bits per heavy atom. The molecule has 0 radical (unpaired) electrons. The molecule has 1 rings (SSSR count). The van der Waals surface area contributed by atoms with Crippen molar-refractivity contribution in [2.45, 2.75) is 25.7 Å². The number of rotatable bonds is 7. The first-order valence-corrected chi connectivity index (χ1v) is 8.43. The minimum absolute atomic E-state index is 0.0758. The molecule has 118 valence electrons. The molecule has 0 fully saturated rings. The third-order valence-corrected chi connectivity index (χ3v) is 4.33. The van der Waals surface area contributed by atoms with E-state index in [1.807, 2.05) is 13.8 Å². The summed E-state index contributed by atoms with van der Waals surface area (Å²) in [6, 6.07) is 4.41. The highest BCUT2D eigenvalue weighted by Crippen LogP contribution is 2.25. The van der Waals surface area contributed by atoms with Crippen molar-refractivity contribution in [1.82, 2.24) is 5.32 Å². The molecule has 1 aromatic carbocycles. The number of anilines is 1. The summed E-state index contributed by atoms with van der Waals surface area (Å²) in [4.78, 5) is 11.6. The third-order valence-electron chi connectivity index (χ3n) is 2.66. The minimum Gasteiger partial charge on any atom is -0.494 e. The van der Waals surface area contributed by atoms with E-state index >= 15 is 0 Å². The first-order valence-electron chi connectivity index (χ1n) is 6.78. The Hall–Kier alpha value is -1.76. The lowest BCUT2D eigenvalue weighted by atomic mass is 10.2. The van der Waals surface area contributed by atoms with E-state index in [9.17, 15) is 13.2 Å². The maximum absolute atomic E-state index is 12.3. The molecule has 0 aliphatic rings. The summed E-state index contributed by atoms with van der Waals surface area (Å²) in [5, 5.41) is 2.58. The van der Waals surface area contributed by atoms with Crippen molar-refractivity contribution in [3.05, 3.63) is 18.2 Å². The van der Waals surface area contributed by atoms with Crippen molar-refractivity contribution in [2.75, 3.05) is 24.6 Å². The van der Waals surface area contributed by atoms with Gasteiger partial charge in [-0.3, -0.25) is 4.79 Å². The molecule has 6 nitrogen and oxygen atoms in total. The van der Waals surface area contributed by atoms with Crippen LogP contribution in [0.25, 0.3) is 0 Å². The van der Waals surface area contributed by atoms with Crippen LogP contribution in [0, 0.1) is 5.92 Å². The molecule has 1 amide bonds. The zero-order valence-electron chi connectivity index (χ0n) is 12.5. The highest BCUT2D eigenvalue weighted by molar-refractivity contribution is 7.92. The number of nitrogens with two attached hydrogens (primary N) is 1. The second-order valence-electron chi connectivity index (χ2n) is 5.09. The van der Waals surface area contributed by atoms with Gasteiger partial charge >= 0.3 is 0 Å². The summed E-state index contributed by atoms with van der Waals surface area (Å²) in [5.41, 5.74) is 5.81. The number of hydrogen-bond acceptors (Lipinski definition) is 5. The molecule has 0 spiro atoms. The van der Waals surface area contributed by atoms with Crippen LogP contribution in [0.15, 0.2) is 23.1 Å². The zero-order chi connectivity index (χ0) is 16.0. The van der Waals surface area contributed by atoms with E-state index in [1.54, 1.807) is 13.0 Å². The van der Waals surface area contributed by atoms with Gasteiger partial charge in [-0.2, -0.15) is 0 Å². The minimum atomic E-state index is -3.80. The van der Waals surface area contributed by atoms with Crippen molar-refractivity contribution in [1.29, 1.82) is 0 Å². The van der Waals surface area contributed by atoms with E-state index in [1.165, 1.54) is 12.1 Å². The largest absolute Gasteiger partial charge is 0.494 e. The molecule has 0 saturated carbocycles. The van der Waals surface area contributed by atoms with Gasteiger partial charge in [0.1, 0.15) is 11.5 Å². The Labute approximate surface area is 125 Å². The average Bonchev–Trinajstić information content (AvgIpc) is 2.38. The van der Waals surface area contributed by atoms with E-state index in [2.05, 4.69) is 5.32 Å². The van der Waals surface area contributed by atoms with Gasteiger partial charge in [0.25, 0.3) is 0 Å². The van der Waals surface area contributed by atoms with E-state index in [4.69, 9.17) is 10.5 Å². The summed E-state index contributed by atoms with van der Waals surface area (Å²) in [6.45, 7) is 6.50. The summed E-state index contributed by atoms with van der Waals surface area (Å²) in [5.74, 6) is -0.500. The molecule has 0 heterocycles. The van der Waals surface area contributed by atoms with Crippen molar-refractivity contribution < 1.29 is 17.9 Å². The molecule has 21 heavy (non-hydrogen) atoms. The molecule has 0 bridgehead atoms. The maximum Gasteiger partial charge on any atom is 0.235 e. The van der Waals surface area contributed by atoms with Crippen LogP contribution in [0.1, 0.15) is 20.8 Å². The third kappa shape index (κ3) is 5.26. The van der Waals surface area contributed by atoms with E-state index < -0.39 is 21.5 Å². The number of hydrogen-bond donors (Lipinski definition) is 2. The topological polar surface area (TPSA) is 98.5 Å². The second kappa shape index (κ2) is 7.31. The van der Waals surface area contributed by atoms with Gasteiger partial charge in [-0.05, 0) is 25.0 Å². The van der Waals surface area contributed by atoms with Crippen molar-refractivity contribution in [2.24, 2.45) is 5.92 Å². The molecule has 0 aromatic heterocycles. The molecular weight excluding hydrogens is 292 g/mol. The molecule has 1 aromatic rings. The van der Waals surface area contributed by atoms with E-state index in [0.29, 0.717) is 18.9 Å². The molecule has 0 aliphatic carbocycles. The van der Waals surface area contributed by atoms with Crippen LogP contribution in [0.3, 0.4) is 0 Å². The molecule has 3 N–H and O–H groups in total. The van der Waals surface area contributed by atoms with Gasteiger partial charge in [-0.1, -0.05) is 13.8 Å². The predicted molar refractivity (Wildman–Crippen MR) is 81.9 cm³/mol. The number of nitrogen functional groups attached to an aromatic ring is 1. The summed E-state index contributed by atoms with van der Waals surface area (Å²) in [6.07, 6.45) is 0. The summed E-state index contributed by atoms with van der Waals surface area (Å²) >= 11 is 0. The first-order chi connectivity index (χ1) is 9.76. The Morgan fingerprint density at radius 3 is 2.62 bits per heavy atom. The van der Waals surface area contributed by atoms with Crippen LogP contribution >= 0.6 is 0 Å². The van der Waals surface area contributed by atoms with Crippen LogP contribution in [-0.2, 0) is 14.6 Å². The van der Waals surface area contributed by atoms with Gasteiger partial charge in [-0.25, -0.2) is 8.42 Å². The van der Waals surface area contributed by atoms with Gasteiger partial charge in [0.15, 0.2) is 9.84 Å². The first kappa shape index (κ1) is 17.3. The number of benzene rings is 1. The quantitative estimate of drug-likeness (QED) is 0.737. The normalized spacial score (nSPS) is 11.4. The van der Waals surface area contributed by atoms with Crippen LogP contribution in [-0.4, -0.2) is 33.2 Å². The second-order valence-corrected chi connectivity index (χ2v) is 7.05. The average molecular weight is 314 g/mol.